The normalized spacial score (nSPS) is 11.6. The predicted molar refractivity (Wildman–Crippen MR) is 143 cm³/mol. The first-order chi connectivity index (χ1) is 18.3. The van der Waals surface area contributed by atoms with E-state index in [9.17, 15) is 22.8 Å². The number of benzene rings is 3. The molecule has 0 aliphatic rings. The zero-order valence-corrected chi connectivity index (χ0v) is 22.6. The van der Waals surface area contributed by atoms with Gasteiger partial charge in [-0.1, -0.05) is 64.1 Å². The second-order valence-electron chi connectivity index (χ2n) is 9.93. The van der Waals surface area contributed by atoms with Gasteiger partial charge >= 0.3 is 18.2 Å². The summed E-state index contributed by atoms with van der Waals surface area (Å²) in [6.07, 6.45) is -4.08. The van der Waals surface area contributed by atoms with Crippen LogP contribution in [0.1, 0.15) is 45.2 Å². The number of halogens is 3. The Balaban J connectivity index is 2.04. The average molecular weight is 544 g/mol. The molecular formula is C30H32F3NO5. The van der Waals surface area contributed by atoms with Gasteiger partial charge in [-0.05, 0) is 58.9 Å². The van der Waals surface area contributed by atoms with Gasteiger partial charge in [0.1, 0.15) is 11.5 Å². The first-order valence-electron chi connectivity index (χ1n) is 12.4. The van der Waals surface area contributed by atoms with Crippen molar-refractivity contribution < 1.29 is 37.0 Å². The number of ether oxygens (including phenoxy) is 3. The van der Waals surface area contributed by atoms with Crippen molar-refractivity contribution in [3.8, 4) is 22.6 Å². The Morgan fingerprint density at radius 3 is 2.08 bits per heavy atom. The minimum Gasteiger partial charge on any atom is -0.493 e. The molecule has 1 amide bonds. The maximum absolute atomic E-state index is 13.1. The van der Waals surface area contributed by atoms with E-state index in [2.05, 4.69) is 25.5 Å². The molecule has 0 heterocycles. The van der Waals surface area contributed by atoms with E-state index in [1.807, 2.05) is 31.2 Å². The van der Waals surface area contributed by atoms with E-state index in [-0.39, 0.29) is 17.7 Å². The summed E-state index contributed by atoms with van der Waals surface area (Å²) in [5.41, 5.74) is 3.32. The lowest BCUT2D eigenvalue weighted by atomic mass is 9.87. The van der Waals surface area contributed by atoms with E-state index in [1.165, 1.54) is 29.2 Å². The zero-order chi connectivity index (χ0) is 28.8. The van der Waals surface area contributed by atoms with E-state index < -0.39 is 18.2 Å². The van der Waals surface area contributed by atoms with Crippen LogP contribution in [0.2, 0.25) is 0 Å². The van der Waals surface area contributed by atoms with Crippen molar-refractivity contribution in [2.24, 2.45) is 0 Å². The van der Waals surface area contributed by atoms with Gasteiger partial charge in [-0.3, -0.25) is 9.69 Å². The molecule has 0 N–H and O–H groups in total. The van der Waals surface area contributed by atoms with E-state index in [4.69, 9.17) is 9.47 Å². The Bertz CT molecular complexity index is 1280. The Morgan fingerprint density at radius 1 is 0.897 bits per heavy atom. The molecule has 0 radical (unpaired) electrons. The fourth-order valence-electron chi connectivity index (χ4n) is 3.86. The molecular weight excluding hydrogens is 511 g/mol. The number of anilines is 1. The molecule has 208 valence electrons. The molecule has 3 aromatic carbocycles. The smallest absolute Gasteiger partial charge is 0.493 e. The van der Waals surface area contributed by atoms with Crippen LogP contribution in [0.15, 0.2) is 66.7 Å². The highest BCUT2D eigenvalue weighted by Gasteiger charge is 2.31. The predicted octanol–water partition coefficient (Wildman–Crippen LogP) is 7.04. The molecule has 0 aromatic heterocycles. The topological polar surface area (TPSA) is 65.1 Å². The molecule has 3 rings (SSSR count). The van der Waals surface area contributed by atoms with Crippen LogP contribution in [-0.2, 0) is 26.3 Å². The number of nitrogens with zero attached hydrogens (tertiary/aromatic N) is 1. The third-order valence-electron chi connectivity index (χ3n) is 5.90. The lowest BCUT2D eigenvalue weighted by Crippen LogP contribution is -2.37. The van der Waals surface area contributed by atoms with E-state index in [1.54, 1.807) is 18.2 Å². The summed E-state index contributed by atoms with van der Waals surface area (Å²) in [6, 6.07) is 18.1. The second kappa shape index (κ2) is 12.2. The lowest BCUT2D eigenvalue weighted by molar-refractivity contribution is -0.274. The largest absolute Gasteiger partial charge is 0.573 e. The van der Waals surface area contributed by atoms with Crippen LogP contribution < -0.4 is 14.4 Å². The summed E-state index contributed by atoms with van der Waals surface area (Å²) in [5, 5.41) is 0. The zero-order valence-electron chi connectivity index (χ0n) is 22.6. The van der Waals surface area contributed by atoms with Crippen molar-refractivity contribution in [1.82, 2.24) is 0 Å². The molecule has 0 fully saturated rings. The number of carbonyl (C=O) groups excluding carboxylic acids is 2. The van der Waals surface area contributed by atoms with Gasteiger partial charge in [-0.2, -0.15) is 0 Å². The second-order valence-corrected chi connectivity index (χ2v) is 9.93. The van der Waals surface area contributed by atoms with Gasteiger partial charge in [0, 0.05) is 11.3 Å². The number of amides is 1. The van der Waals surface area contributed by atoms with Gasteiger partial charge in [0.25, 0.3) is 0 Å². The summed E-state index contributed by atoms with van der Waals surface area (Å²) in [7, 11) is 1.13. The third-order valence-corrected chi connectivity index (χ3v) is 5.90. The molecule has 0 unspecified atom stereocenters. The van der Waals surface area contributed by atoms with Crippen molar-refractivity contribution in [2.45, 2.75) is 52.4 Å². The Labute approximate surface area is 226 Å². The molecule has 0 aliphatic heterocycles. The Morgan fingerprint density at radius 2 is 1.54 bits per heavy atom. The summed E-state index contributed by atoms with van der Waals surface area (Å²) in [6.45, 7) is 8.73. The van der Waals surface area contributed by atoms with Crippen molar-refractivity contribution in [1.29, 1.82) is 0 Å². The average Bonchev–Trinajstić information content (AvgIpc) is 2.89. The molecule has 0 saturated carbocycles. The molecule has 0 bridgehead atoms. The van der Waals surface area contributed by atoms with Crippen LogP contribution in [0.5, 0.6) is 11.5 Å². The fraction of sp³-hybridized carbons (Fsp3) is 0.333. The molecule has 3 aromatic rings. The highest BCUT2D eigenvalue weighted by Crippen LogP contribution is 2.36. The third kappa shape index (κ3) is 7.99. The number of alkyl halides is 3. The standard InChI is InChI=1S/C30H32F3NO5/c1-6-17-38-26-16-13-23(18-25(26)21-9-14-24(15-10-21)39-30(31,32)33)34(27(35)28(36)37-5)19-20-7-11-22(12-8-20)29(2,3)4/h7-16,18H,6,17,19H2,1-5H3. The first-order valence-corrected chi connectivity index (χ1v) is 12.4. The molecule has 0 aliphatic carbocycles. The van der Waals surface area contributed by atoms with Crippen molar-refractivity contribution in [2.75, 3.05) is 18.6 Å². The van der Waals surface area contributed by atoms with Crippen molar-refractivity contribution in [3.63, 3.8) is 0 Å². The van der Waals surface area contributed by atoms with Crippen LogP contribution in [-0.4, -0.2) is 32.0 Å². The molecule has 9 heteroatoms. The van der Waals surface area contributed by atoms with E-state index >= 15 is 0 Å². The molecule has 39 heavy (non-hydrogen) atoms. The Hall–Kier alpha value is -4.01. The maximum Gasteiger partial charge on any atom is 0.573 e. The minimum atomic E-state index is -4.81. The number of hydrogen-bond donors (Lipinski definition) is 0. The van der Waals surface area contributed by atoms with Gasteiger partial charge in [-0.15, -0.1) is 13.2 Å². The van der Waals surface area contributed by atoms with Crippen molar-refractivity contribution in [3.05, 3.63) is 77.9 Å². The number of carbonyl (C=O) groups is 2. The number of hydrogen-bond acceptors (Lipinski definition) is 5. The molecule has 6 nitrogen and oxygen atoms in total. The molecule has 0 atom stereocenters. The minimum absolute atomic E-state index is 0.0516. The monoisotopic (exact) mass is 543 g/mol. The van der Waals surface area contributed by atoms with Gasteiger partial charge in [0.05, 0.1) is 20.3 Å². The molecule has 0 spiro atoms. The summed E-state index contributed by atoms with van der Waals surface area (Å²) < 4.78 is 52.4. The van der Waals surface area contributed by atoms with E-state index in [0.29, 0.717) is 29.2 Å². The van der Waals surface area contributed by atoms with Gasteiger partial charge in [0.15, 0.2) is 0 Å². The molecule has 0 saturated heterocycles. The Kier molecular flexibility index (Phi) is 9.27. The SMILES string of the molecule is CCCOc1ccc(N(Cc2ccc(C(C)(C)C)cc2)C(=O)C(=O)OC)cc1-c1ccc(OC(F)(F)F)cc1. The van der Waals surface area contributed by atoms with Crippen LogP contribution in [0.4, 0.5) is 18.9 Å². The van der Waals surface area contributed by atoms with Crippen molar-refractivity contribution >= 4 is 17.6 Å². The first kappa shape index (κ1) is 29.5. The van der Waals surface area contributed by atoms with Crippen LogP contribution in [0.3, 0.4) is 0 Å². The highest BCUT2D eigenvalue weighted by atomic mass is 19.4. The van der Waals surface area contributed by atoms with Crippen LogP contribution >= 0.6 is 0 Å². The van der Waals surface area contributed by atoms with Crippen LogP contribution in [0, 0.1) is 0 Å². The van der Waals surface area contributed by atoms with Gasteiger partial charge in [-0.25, -0.2) is 4.79 Å². The summed E-state index contributed by atoms with van der Waals surface area (Å²) in [5.74, 6) is -1.77. The lowest BCUT2D eigenvalue weighted by Gasteiger charge is -2.24. The van der Waals surface area contributed by atoms with E-state index in [0.717, 1.165) is 24.7 Å². The van der Waals surface area contributed by atoms with Gasteiger partial charge < -0.3 is 14.2 Å². The maximum atomic E-state index is 13.1. The highest BCUT2D eigenvalue weighted by molar-refractivity contribution is 6.38. The summed E-state index contributed by atoms with van der Waals surface area (Å²) in [4.78, 5) is 26.7. The number of rotatable bonds is 8. The van der Waals surface area contributed by atoms with Crippen LogP contribution in [0.25, 0.3) is 11.1 Å². The number of esters is 1. The summed E-state index contributed by atoms with van der Waals surface area (Å²) >= 11 is 0. The fourth-order valence-corrected chi connectivity index (χ4v) is 3.86. The van der Waals surface area contributed by atoms with Gasteiger partial charge in [0.2, 0.25) is 0 Å². The quantitative estimate of drug-likeness (QED) is 0.225. The number of methoxy groups -OCH3 is 1.